The average Bonchev–Trinajstić information content (AvgIpc) is 2.61. The molecule has 140 valence electrons. The molecule has 0 fully saturated rings. The molecular weight excluding hydrogens is 284 g/mol. The highest BCUT2D eigenvalue weighted by Crippen LogP contribution is 2.18. The normalized spacial score (nSPS) is 13.0. The summed E-state index contributed by atoms with van der Waals surface area (Å²) in [5.41, 5.74) is 0. The Bertz CT molecular complexity index is 230. The van der Waals surface area contributed by atoms with Crippen LogP contribution in [-0.2, 0) is 0 Å². The number of nitrogens with zero attached hydrogens (tertiary/aromatic N) is 2. The second-order valence-corrected chi connectivity index (χ2v) is 7.36. The van der Waals surface area contributed by atoms with Crippen LogP contribution >= 0.6 is 0 Å². The van der Waals surface area contributed by atoms with Crippen molar-refractivity contribution in [1.29, 1.82) is 0 Å². The van der Waals surface area contributed by atoms with Crippen molar-refractivity contribution in [3.8, 4) is 0 Å². The van der Waals surface area contributed by atoms with Gasteiger partial charge in [0.15, 0.2) is 0 Å². The van der Waals surface area contributed by atoms with Gasteiger partial charge in [0.1, 0.15) is 0 Å². The molecule has 0 saturated carbocycles. The van der Waals surface area contributed by atoms with Gasteiger partial charge in [-0.3, -0.25) is 0 Å². The first-order valence-electron chi connectivity index (χ1n) is 10.3. The summed E-state index contributed by atoms with van der Waals surface area (Å²) in [6.07, 6.45) is 4.91. The Balaban J connectivity index is 4.22. The van der Waals surface area contributed by atoms with Crippen LogP contribution in [0.4, 0.5) is 0 Å². The quantitative estimate of drug-likeness (QED) is 0.451. The molecule has 23 heavy (non-hydrogen) atoms. The van der Waals surface area contributed by atoms with E-state index in [-0.39, 0.29) is 0 Å². The minimum Gasteiger partial charge on any atom is -0.396 e. The lowest BCUT2D eigenvalue weighted by atomic mass is 9.97. The van der Waals surface area contributed by atoms with E-state index in [4.69, 9.17) is 0 Å². The number of hydrogen-bond donors (Lipinski definition) is 1. The van der Waals surface area contributed by atoms with Gasteiger partial charge in [-0.1, -0.05) is 0 Å². The van der Waals surface area contributed by atoms with Gasteiger partial charge in [-0.25, -0.2) is 0 Å². The summed E-state index contributed by atoms with van der Waals surface area (Å²) in [5, 5.41) is 9.72. The van der Waals surface area contributed by atoms with E-state index in [1.165, 1.54) is 87.0 Å². The lowest BCUT2D eigenvalue weighted by molar-refractivity contribution is -0.923. The number of quaternary nitrogens is 2. The number of aliphatic hydroxyl groups excluding tert-OH is 1. The highest BCUT2D eigenvalue weighted by molar-refractivity contribution is 4.59. The molecule has 0 aromatic rings. The topological polar surface area (TPSA) is 20.2 Å². The fourth-order valence-electron chi connectivity index (χ4n) is 4.05. The molecule has 0 saturated heterocycles. The summed E-state index contributed by atoms with van der Waals surface area (Å²) in [5.74, 6) is 0.509. The Morgan fingerprint density at radius 1 is 0.609 bits per heavy atom. The molecular formula is C20H46N2O+2. The second-order valence-electron chi connectivity index (χ2n) is 7.36. The van der Waals surface area contributed by atoms with Crippen molar-refractivity contribution in [3.05, 3.63) is 0 Å². The molecule has 1 N–H and O–H groups in total. The van der Waals surface area contributed by atoms with Gasteiger partial charge in [0.2, 0.25) is 0 Å². The van der Waals surface area contributed by atoms with Crippen molar-refractivity contribution in [2.24, 2.45) is 5.92 Å². The maximum absolute atomic E-state index is 9.72. The lowest BCUT2D eigenvalue weighted by Gasteiger charge is -2.37. The van der Waals surface area contributed by atoms with Crippen LogP contribution < -0.4 is 0 Å². The van der Waals surface area contributed by atoms with E-state index in [9.17, 15) is 5.11 Å². The fourth-order valence-corrected chi connectivity index (χ4v) is 4.05. The lowest BCUT2D eigenvalue weighted by Crippen LogP contribution is -2.48. The van der Waals surface area contributed by atoms with Crippen LogP contribution in [0.5, 0.6) is 0 Å². The van der Waals surface area contributed by atoms with Crippen molar-refractivity contribution in [3.63, 3.8) is 0 Å². The third-order valence-corrected chi connectivity index (χ3v) is 6.77. The van der Waals surface area contributed by atoms with Gasteiger partial charge in [-0.2, -0.15) is 0 Å². The Morgan fingerprint density at radius 2 is 0.913 bits per heavy atom. The minimum absolute atomic E-state index is 0.370. The maximum atomic E-state index is 9.72. The van der Waals surface area contributed by atoms with Crippen molar-refractivity contribution >= 4 is 0 Å². The van der Waals surface area contributed by atoms with Gasteiger partial charge < -0.3 is 14.1 Å². The Morgan fingerprint density at radius 3 is 1.13 bits per heavy atom. The molecule has 0 aliphatic rings. The molecule has 0 unspecified atom stereocenters. The Labute approximate surface area is 146 Å². The second kappa shape index (κ2) is 12.3. The van der Waals surface area contributed by atoms with Crippen molar-refractivity contribution in [2.45, 2.75) is 67.2 Å². The summed E-state index contributed by atoms with van der Waals surface area (Å²) in [4.78, 5) is 0. The first kappa shape index (κ1) is 22.9. The van der Waals surface area contributed by atoms with Gasteiger partial charge >= 0.3 is 0 Å². The van der Waals surface area contributed by atoms with E-state index in [1.54, 1.807) is 0 Å². The van der Waals surface area contributed by atoms with Crippen LogP contribution in [0, 0.1) is 5.92 Å². The molecule has 3 nitrogen and oxygen atoms in total. The van der Waals surface area contributed by atoms with Gasteiger partial charge in [-0.15, -0.1) is 0 Å². The zero-order valence-corrected chi connectivity index (χ0v) is 17.1. The van der Waals surface area contributed by atoms with E-state index in [1.807, 2.05) is 0 Å². The molecule has 0 rings (SSSR count). The highest BCUT2D eigenvalue weighted by Gasteiger charge is 2.22. The summed E-state index contributed by atoms with van der Waals surface area (Å²) in [7, 11) is 0. The fraction of sp³-hybridized carbons (Fsp3) is 1.00. The molecule has 0 atom stereocenters. The van der Waals surface area contributed by atoms with E-state index >= 15 is 0 Å². The highest BCUT2D eigenvalue weighted by atomic mass is 16.3. The zero-order valence-electron chi connectivity index (χ0n) is 17.1. The van der Waals surface area contributed by atoms with Crippen LogP contribution in [0.25, 0.3) is 0 Å². The SMILES string of the molecule is CC[N+](CC)(CC)CCCC(CO)CCC[N+](CC)(CC)CC. The summed E-state index contributed by atoms with van der Waals surface area (Å²) in [6, 6.07) is 0. The largest absolute Gasteiger partial charge is 0.396 e. The molecule has 0 aromatic heterocycles. The van der Waals surface area contributed by atoms with E-state index in [0.717, 1.165) is 0 Å². The summed E-state index contributed by atoms with van der Waals surface area (Å²) < 4.78 is 2.47. The molecule has 0 aliphatic heterocycles. The predicted molar refractivity (Wildman–Crippen MR) is 103 cm³/mol. The molecule has 0 bridgehead atoms. The van der Waals surface area contributed by atoms with E-state index < -0.39 is 0 Å². The molecule has 0 spiro atoms. The van der Waals surface area contributed by atoms with Crippen LogP contribution in [0.15, 0.2) is 0 Å². The molecule has 0 aliphatic carbocycles. The van der Waals surface area contributed by atoms with Crippen LogP contribution in [0.3, 0.4) is 0 Å². The summed E-state index contributed by atoms with van der Waals surface area (Å²) >= 11 is 0. The maximum Gasteiger partial charge on any atom is 0.0786 e. The third kappa shape index (κ3) is 7.53. The number of hydrogen-bond acceptors (Lipinski definition) is 1. The van der Waals surface area contributed by atoms with Crippen molar-refractivity contribution < 1.29 is 14.1 Å². The van der Waals surface area contributed by atoms with Crippen LogP contribution in [-0.4, -0.2) is 73.0 Å². The van der Waals surface area contributed by atoms with E-state index in [0.29, 0.717) is 12.5 Å². The van der Waals surface area contributed by atoms with Gasteiger partial charge in [0.05, 0.1) is 52.4 Å². The molecule has 0 amide bonds. The number of aliphatic hydroxyl groups is 1. The smallest absolute Gasteiger partial charge is 0.0786 e. The van der Waals surface area contributed by atoms with E-state index in [2.05, 4.69) is 41.5 Å². The van der Waals surface area contributed by atoms with Gasteiger partial charge in [0.25, 0.3) is 0 Å². The Kier molecular flexibility index (Phi) is 12.2. The zero-order chi connectivity index (χ0) is 17.8. The van der Waals surface area contributed by atoms with Gasteiger partial charge in [-0.05, 0) is 73.1 Å². The average molecular weight is 331 g/mol. The summed E-state index contributed by atoms with van der Waals surface area (Å²) in [6.45, 7) is 24.2. The Hall–Kier alpha value is -0.120. The molecule has 0 aromatic carbocycles. The number of rotatable bonds is 15. The molecule has 3 heteroatoms. The predicted octanol–water partition coefficient (Wildman–Crippen LogP) is 3.91. The molecule has 0 radical (unpaired) electrons. The first-order chi connectivity index (χ1) is 11.0. The molecule has 0 heterocycles. The van der Waals surface area contributed by atoms with Crippen LogP contribution in [0.1, 0.15) is 67.2 Å². The van der Waals surface area contributed by atoms with Crippen molar-refractivity contribution in [1.82, 2.24) is 0 Å². The standard InChI is InChI=1S/C20H46N2O/c1-7-21(8-2,9-3)17-13-15-20(19-23)16-14-18-22(10-4,11-5)12-6/h20,23H,7-19H2,1-6H3/q+2. The third-order valence-electron chi connectivity index (χ3n) is 6.77. The monoisotopic (exact) mass is 330 g/mol. The first-order valence-corrected chi connectivity index (χ1v) is 10.3. The minimum atomic E-state index is 0.370. The van der Waals surface area contributed by atoms with Crippen molar-refractivity contribution in [2.75, 3.05) is 59.0 Å². The van der Waals surface area contributed by atoms with Gasteiger partial charge in [0, 0.05) is 6.61 Å². The van der Waals surface area contributed by atoms with Crippen LogP contribution in [0.2, 0.25) is 0 Å².